The standard InChI is InChI=1S/C60H80N7O16PS/c1-5-64(6-2)42-23-25-47-52(38-42)83-53-39-43(65(7-3)8-4)24-26-48(53)57(47)45-18-12-13-19-46(45)60(75)66-32-16-20-50(66)59(74)63-49(40-85(79,80)81)51(69)21-11-9-10-17-44(68)37-41(29-36-84(76,77)78)58(73)62-30-15-14-22-54(70)61-31-34-82-35-33-67-55(71)27-28-56(67)72/h12-13,18-19,23-28,38-39,41,49-50H,5-11,14-17,20-22,29-37,40H2,1-4H3,(H5-,61,62,63,70,73,74,76,77,78,79,80,81). The maximum atomic E-state index is 14.9. The van der Waals surface area contributed by atoms with Crippen LogP contribution in [0.4, 0.5) is 5.69 Å². The molecule has 23 nitrogen and oxygen atoms in total. The number of anilines is 1. The SMILES string of the molecule is CCN(CC)c1ccc2c(-c3ccccc3C(=O)N3CCCC3C(=O)NC(CS(=O)(=O)[O-])C(=O)CCCCCC(=O)CC(CCP(=O)(O)O)C(=O)NCCCCC(=O)NCCOCCN3C(=O)C=CC3=O)c3ccc(=[N+](CC)CC)cc-3oc2c1. The smallest absolute Gasteiger partial charge is 0.325 e. The lowest BCUT2D eigenvalue weighted by atomic mass is 9.90. The van der Waals surface area contributed by atoms with Gasteiger partial charge in [-0.1, -0.05) is 24.6 Å². The fraction of sp³-hybridized carbons (Fsp3) is 0.517. The van der Waals surface area contributed by atoms with Gasteiger partial charge in [0.2, 0.25) is 23.1 Å². The van der Waals surface area contributed by atoms with Gasteiger partial charge < -0.3 is 49.2 Å². The van der Waals surface area contributed by atoms with E-state index >= 15 is 0 Å². The molecule has 0 aromatic heterocycles. The molecule has 2 aromatic carbocycles. The van der Waals surface area contributed by atoms with Crippen LogP contribution in [0.1, 0.15) is 115 Å². The monoisotopic (exact) mass is 1220 g/mol. The van der Waals surface area contributed by atoms with E-state index in [0.717, 1.165) is 58.6 Å². The van der Waals surface area contributed by atoms with Crippen LogP contribution in [0.2, 0.25) is 0 Å². The summed E-state index contributed by atoms with van der Waals surface area (Å²) >= 11 is 0. The number of ketones is 2. The maximum absolute atomic E-state index is 14.9. The van der Waals surface area contributed by atoms with Crippen LogP contribution in [-0.4, -0.2) is 169 Å². The van der Waals surface area contributed by atoms with Crippen LogP contribution >= 0.6 is 7.60 Å². The first kappa shape index (κ1) is 67.2. The third-order valence-corrected chi connectivity index (χ3v) is 16.9. The lowest BCUT2D eigenvalue weighted by molar-refractivity contribution is -0.137. The first-order chi connectivity index (χ1) is 40.6. The highest BCUT2D eigenvalue weighted by atomic mass is 32.2. The van der Waals surface area contributed by atoms with E-state index in [1.165, 1.54) is 17.1 Å². The zero-order valence-electron chi connectivity index (χ0n) is 48.9. The second kappa shape index (κ2) is 32.0. The minimum absolute atomic E-state index is 0.0473. The number of hydrogen-bond acceptors (Lipinski definition) is 15. The molecule has 3 unspecified atom stereocenters. The lowest BCUT2D eigenvalue weighted by Gasteiger charge is -2.28. The van der Waals surface area contributed by atoms with Gasteiger partial charge in [-0.15, -0.1) is 0 Å². The van der Waals surface area contributed by atoms with E-state index < -0.39 is 82.9 Å². The number of rotatable bonds is 35. The summed E-state index contributed by atoms with van der Waals surface area (Å²) in [5.41, 5.74) is 4.02. The normalized spacial score (nSPS) is 15.1. The van der Waals surface area contributed by atoms with E-state index in [0.29, 0.717) is 41.7 Å². The molecule has 0 spiro atoms. The van der Waals surface area contributed by atoms with Crippen molar-refractivity contribution in [1.82, 2.24) is 30.3 Å². The van der Waals surface area contributed by atoms with Crippen molar-refractivity contribution in [3.8, 4) is 22.5 Å². The Morgan fingerprint density at radius 3 is 2.25 bits per heavy atom. The zero-order valence-corrected chi connectivity index (χ0v) is 50.6. The van der Waals surface area contributed by atoms with Crippen LogP contribution in [0.5, 0.6) is 0 Å². The Bertz CT molecular complexity index is 3280. The first-order valence-corrected chi connectivity index (χ1v) is 32.7. The van der Waals surface area contributed by atoms with Crippen LogP contribution in [0, 0.1) is 5.92 Å². The summed E-state index contributed by atoms with van der Waals surface area (Å²) in [5, 5.41) is 9.59. The van der Waals surface area contributed by atoms with Gasteiger partial charge in [0.25, 0.3) is 17.7 Å². The van der Waals surface area contributed by atoms with Crippen molar-refractivity contribution in [2.75, 3.05) is 82.4 Å². The van der Waals surface area contributed by atoms with Crippen molar-refractivity contribution in [2.45, 2.75) is 117 Å². The summed E-state index contributed by atoms with van der Waals surface area (Å²) in [6.07, 6.45) is 3.03. The van der Waals surface area contributed by atoms with Gasteiger partial charge in [0, 0.05) is 116 Å². The molecule has 6 amide bonds. The quantitative estimate of drug-likeness (QED) is 0.0106. The molecule has 3 aliphatic heterocycles. The summed E-state index contributed by atoms with van der Waals surface area (Å²) in [5.74, 6) is -5.69. The third kappa shape index (κ3) is 19.5. The lowest BCUT2D eigenvalue weighted by Crippen LogP contribution is -2.52. The van der Waals surface area contributed by atoms with Crippen molar-refractivity contribution < 1.29 is 74.8 Å². The van der Waals surface area contributed by atoms with Crippen LogP contribution in [0.15, 0.2) is 77.2 Å². The molecular formula is C60H80N7O16PS. The highest BCUT2D eigenvalue weighted by molar-refractivity contribution is 7.85. The Balaban J connectivity index is 1.02. The number of carbonyl (C=O) groups excluding carboxylic acids is 8. The van der Waals surface area contributed by atoms with E-state index in [2.05, 4.69) is 53.1 Å². The van der Waals surface area contributed by atoms with Gasteiger partial charge in [0.15, 0.2) is 5.78 Å². The molecule has 462 valence electrons. The second-order valence-electron chi connectivity index (χ2n) is 21.2. The number of carbonyl (C=O) groups is 8. The van der Waals surface area contributed by atoms with Crippen LogP contribution in [0.3, 0.4) is 0 Å². The Hall–Kier alpha value is -6.95. The van der Waals surface area contributed by atoms with Gasteiger partial charge in [-0.05, 0) is 102 Å². The number of nitrogens with one attached hydrogen (secondary N) is 3. The van der Waals surface area contributed by atoms with Crippen molar-refractivity contribution in [2.24, 2.45) is 5.92 Å². The summed E-state index contributed by atoms with van der Waals surface area (Å²) in [6.45, 7) is 12.3. The summed E-state index contributed by atoms with van der Waals surface area (Å²) in [4.78, 5) is 128. The van der Waals surface area contributed by atoms with Gasteiger partial charge in [0.05, 0.1) is 47.9 Å². The molecule has 4 aliphatic rings. The van der Waals surface area contributed by atoms with Crippen LogP contribution in [0.25, 0.3) is 33.4 Å². The van der Waals surface area contributed by atoms with Crippen molar-refractivity contribution in [3.63, 3.8) is 0 Å². The number of ether oxygens (including phenoxy) is 1. The predicted molar refractivity (Wildman–Crippen MR) is 318 cm³/mol. The minimum atomic E-state index is -5.05. The minimum Gasteiger partial charge on any atom is -0.748 e. The average Bonchev–Trinajstić information content (AvgIpc) is 2.50. The molecule has 1 fully saturated rings. The molecule has 85 heavy (non-hydrogen) atoms. The van der Waals surface area contributed by atoms with Crippen LogP contribution < -0.4 is 30.8 Å². The van der Waals surface area contributed by atoms with E-state index in [1.54, 1.807) is 12.1 Å². The third-order valence-electron chi connectivity index (χ3n) is 15.3. The fourth-order valence-electron chi connectivity index (χ4n) is 10.8. The molecule has 0 bridgehead atoms. The van der Waals surface area contributed by atoms with Crippen molar-refractivity contribution >= 4 is 81.4 Å². The topological polar surface area (TPSA) is 322 Å². The fourth-order valence-corrected chi connectivity index (χ4v) is 12.1. The molecule has 3 atom stereocenters. The molecule has 0 saturated carbocycles. The molecule has 2 aromatic rings. The number of fused-ring (bicyclic) bond motifs is 2. The average molecular weight is 1220 g/mol. The van der Waals surface area contributed by atoms with Gasteiger partial charge in [-0.25, -0.2) is 13.0 Å². The number of Topliss-reactive ketones (excluding diaryl/α,β-unsaturated/α-hetero) is 2. The van der Waals surface area contributed by atoms with E-state index in [1.807, 2.05) is 48.5 Å². The number of unbranched alkanes of at least 4 members (excludes halogenated alkanes) is 3. The second-order valence-corrected chi connectivity index (χ2v) is 24.4. The van der Waals surface area contributed by atoms with Gasteiger partial charge >= 0.3 is 7.60 Å². The molecule has 3 heterocycles. The molecular weight excluding hydrogens is 1140 g/mol. The number of benzene rings is 3. The molecule has 1 aliphatic carbocycles. The molecule has 0 radical (unpaired) electrons. The Labute approximate surface area is 495 Å². The number of likely N-dealkylation sites (tertiary alicyclic amines) is 1. The van der Waals surface area contributed by atoms with Gasteiger partial charge in [-0.2, -0.15) is 0 Å². The van der Waals surface area contributed by atoms with Gasteiger partial charge in [-0.3, -0.25) is 47.8 Å². The summed E-state index contributed by atoms with van der Waals surface area (Å²) < 4.78 is 62.4. The maximum Gasteiger partial charge on any atom is 0.325 e. The first-order valence-electron chi connectivity index (χ1n) is 29.3. The summed E-state index contributed by atoms with van der Waals surface area (Å²) in [6, 6.07) is 16.3. The predicted octanol–water partition coefficient (Wildman–Crippen LogP) is 4.50. The Morgan fingerprint density at radius 1 is 0.847 bits per heavy atom. The zero-order chi connectivity index (χ0) is 61.8. The van der Waals surface area contributed by atoms with E-state index in [-0.39, 0.29) is 109 Å². The number of amides is 6. The molecule has 1 saturated heterocycles. The van der Waals surface area contributed by atoms with Gasteiger partial charge in [0.1, 0.15) is 42.3 Å². The van der Waals surface area contributed by atoms with E-state index in [9.17, 15) is 65.7 Å². The molecule has 6 rings (SSSR count). The van der Waals surface area contributed by atoms with Crippen molar-refractivity contribution in [1.29, 1.82) is 0 Å². The van der Waals surface area contributed by atoms with E-state index in [4.69, 9.17) is 9.15 Å². The number of hydrogen-bond donors (Lipinski definition) is 5. The summed E-state index contributed by atoms with van der Waals surface area (Å²) in [7, 11) is -9.57. The Kier molecular flexibility index (Phi) is 25.3. The van der Waals surface area contributed by atoms with Crippen LogP contribution in [-0.2, 0) is 53.0 Å². The van der Waals surface area contributed by atoms with Crippen molar-refractivity contribution in [3.05, 3.63) is 83.7 Å². The molecule has 5 N–H and O–H groups in total. The highest BCUT2D eigenvalue weighted by Crippen LogP contribution is 2.43. The molecule has 25 heteroatoms. The number of imide groups is 1. The highest BCUT2D eigenvalue weighted by Gasteiger charge is 2.38. The number of nitrogens with zero attached hydrogens (tertiary/aromatic N) is 4. The Morgan fingerprint density at radius 2 is 1.55 bits per heavy atom. The largest absolute Gasteiger partial charge is 0.748 e.